The van der Waals surface area contributed by atoms with Crippen LogP contribution in [-0.4, -0.2) is 87.7 Å². The van der Waals surface area contributed by atoms with E-state index < -0.39 is 0 Å². The number of ether oxygens (including phenoxy) is 1. The van der Waals surface area contributed by atoms with Gasteiger partial charge in [0, 0.05) is 52.7 Å². The third-order valence-electron chi connectivity index (χ3n) is 4.93. The van der Waals surface area contributed by atoms with Crippen LogP contribution in [0.25, 0.3) is 0 Å². The van der Waals surface area contributed by atoms with Crippen LogP contribution in [0.5, 0.6) is 0 Å². The van der Waals surface area contributed by atoms with Crippen molar-refractivity contribution in [3.63, 3.8) is 0 Å². The number of aliphatic imine (C=N–C) groups is 1. The number of likely N-dealkylation sites (N-methyl/N-ethyl adjacent to an activating group) is 1. The first-order chi connectivity index (χ1) is 14.0. The van der Waals surface area contributed by atoms with Gasteiger partial charge in [-0.3, -0.25) is 9.69 Å². The summed E-state index contributed by atoms with van der Waals surface area (Å²) >= 11 is 0. The van der Waals surface area contributed by atoms with Crippen molar-refractivity contribution >= 4 is 35.8 Å². The van der Waals surface area contributed by atoms with E-state index in [2.05, 4.69) is 34.4 Å². The third-order valence-corrected chi connectivity index (χ3v) is 4.93. The quantitative estimate of drug-likeness (QED) is 0.270. The molecule has 1 aliphatic heterocycles. The highest BCUT2D eigenvalue weighted by Crippen LogP contribution is 2.13. The standard InChI is InChI=1S/C21H37N5O3.HI/c1-17(2)14-18(26-9-12-28-13-10-26)15-23-21(24-16-20(27)25(3)4)22-8-7-19-6-5-11-29-19;/h5-6,11,17-18H,7-10,12-16H2,1-4H3,(H2,22,23,24);1H. The van der Waals surface area contributed by atoms with Crippen LogP contribution >= 0.6 is 24.0 Å². The zero-order valence-corrected chi connectivity index (χ0v) is 21.1. The summed E-state index contributed by atoms with van der Waals surface area (Å²) in [6, 6.07) is 4.25. The van der Waals surface area contributed by atoms with Gasteiger partial charge in [-0.2, -0.15) is 0 Å². The number of guanidine groups is 1. The second kappa shape index (κ2) is 14.6. The molecule has 172 valence electrons. The summed E-state index contributed by atoms with van der Waals surface area (Å²) in [5, 5.41) is 6.78. The fourth-order valence-corrected chi connectivity index (χ4v) is 3.28. The van der Waals surface area contributed by atoms with Gasteiger partial charge < -0.3 is 24.7 Å². The molecule has 1 aliphatic rings. The van der Waals surface area contributed by atoms with Crippen LogP contribution in [0.3, 0.4) is 0 Å². The van der Waals surface area contributed by atoms with Gasteiger partial charge in [-0.25, -0.2) is 4.99 Å². The van der Waals surface area contributed by atoms with Crippen molar-refractivity contribution in [1.29, 1.82) is 0 Å². The number of amides is 1. The number of carbonyl (C=O) groups excluding carboxylic acids is 1. The highest BCUT2D eigenvalue weighted by Gasteiger charge is 2.22. The molecule has 1 amide bonds. The zero-order valence-electron chi connectivity index (χ0n) is 18.7. The normalized spacial score (nSPS) is 16.1. The molecule has 0 bridgehead atoms. The van der Waals surface area contributed by atoms with E-state index in [0.29, 0.717) is 24.5 Å². The summed E-state index contributed by atoms with van der Waals surface area (Å²) in [7, 11) is 3.48. The molecule has 2 heterocycles. The Morgan fingerprint density at radius 2 is 2.00 bits per heavy atom. The number of hydrogen-bond donors (Lipinski definition) is 2. The van der Waals surface area contributed by atoms with Crippen molar-refractivity contribution in [2.24, 2.45) is 10.9 Å². The fraction of sp³-hybridized carbons (Fsp3) is 0.714. The zero-order chi connectivity index (χ0) is 21.1. The van der Waals surface area contributed by atoms with Gasteiger partial charge in [0.05, 0.1) is 19.5 Å². The number of nitrogens with one attached hydrogen (secondary N) is 2. The maximum atomic E-state index is 12.0. The van der Waals surface area contributed by atoms with Crippen molar-refractivity contribution in [2.45, 2.75) is 32.7 Å². The Labute approximate surface area is 197 Å². The van der Waals surface area contributed by atoms with E-state index >= 15 is 0 Å². The summed E-state index contributed by atoms with van der Waals surface area (Å²) in [4.78, 5) is 20.5. The maximum absolute atomic E-state index is 12.0. The number of carbonyl (C=O) groups is 1. The molecule has 2 rings (SSSR count). The number of hydrogen-bond acceptors (Lipinski definition) is 5. The minimum Gasteiger partial charge on any atom is -0.469 e. The monoisotopic (exact) mass is 535 g/mol. The molecular formula is C21H38IN5O3. The maximum Gasteiger partial charge on any atom is 0.243 e. The first-order valence-corrected chi connectivity index (χ1v) is 10.5. The van der Waals surface area contributed by atoms with E-state index in [1.807, 2.05) is 12.1 Å². The van der Waals surface area contributed by atoms with Gasteiger partial charge in [-0.05, 0) is 24.5 Å². The largest absolute Gasteiger partial charge is 0.469 e. The SMILES string of the molecule is CC(C)CC(CNC(=NCC(=O)N(C)C)NCCc1ccco1)N1CCOCC1.I. The Bertz CT molecular complexity index is 616. The van der Waals surface area contributed by atoms with E-state index in [0.717, 1.165) is 51.4 Å². The van der Waals surface area contributed by atoms with Gasteiger partial charge in [0.15, 0.2) is 5.96 Å². The van der Waals surface area contributed by atoms with Gasteiger partial charge in [-0.1, -0.05) is 13.8 Å². The molecule has 2 N–H and O–H groups in total. The second-order valence-corrected chi connectivity index (χ2v) is 8.02. The molecular weight excluding hydrogens is 497 g/mol. The molecule has 1 aromatic rings. The predicted octanol–water partition coefficient (Wildman–Crippen LogP) is 1.81. The Morgan fingerprint density at radius 3 is 2.60 bits per heavy atom. The lowest BCUT2D eigenvalue weighted by atomic mass is 10.0. The number of rotatable bonds is 10. The Kier molecular flexibility index (Phi) is 13.0. The van der Waals surface area contributed by atoms with Crippen LogP contribution in [0, 0.1) is 5.92 Å². The molecule has 8 nitrogen and oxygen atoms in total. The molecule has 0 saturated carbocycles. The average molecular weight is 535 g/mol. The summed E-state index contributed by atoms with van der Waals surface area (Å²) in [6.07, 6.45) is 3.54. The van der Waals surface area contributed by atoms with Crippen molar-refractivity contribution in [3.8, 4) is 0 Å². The van der Waals surface area contributed by atoms with Crippen LogP contribution in [0.2, 0.25) is 0 Å². The van der Waals surface area contributed by atoms with Gasteiger partial charge in [-0.15, -0.1) is 24.0 Å². The molecule has 9 heteroatoms. The van der Waals surface area contributed by atoms with Crippen molar-refractivity contribution in [1.82, 2.24) is 20.4 Å². The highest BCUT2D eigenvalue weighted by atomic mass is 127. The Hall–Kier alpha value is -1.33. The fourth-order valence-electron chi connectivity index (χ4n) is 3.28. The van der Waals surface area contributed by atoms with E-state index in [1.165, 1.54) is 0 Å². The first-order valence-electron chi connectivity index (χ1n) is 10.5. The predicted molar refractivity (Wildman–Crippen MR) is 130 cm³/mol. The van der Waals surface area contributed by atoms with E-state index in [4.69, 9.17) is 9.15 Å². The molecule has 1 atom stereocenters. The Balaban J connectivity index is 0.00000450. The smallest absolute Gasteiger partial charge is 0.243 e. The summed E-state index contributed by atoms with van der Waals surface area (Å²) in [5.41, 5.74) is 0. The van der Waals surface area contributed by atoms with Crippen molar-refractivity contribution in [2.75, 3.05) is 60.0 Å². The molecule has 0 spiro atoms. The molecule has 1 unspecified atom stereocenters. The summed E-state index contributed by atoms with van der Waals surface area (Å²) in [5.74, 6) is 2.16. The van der Waals surface area contributed by atoms with Gasteiger partial charge in [0.25, 0.3) is 0 Å². The molecule has 0 aromatic carbocycles. The van der Waals surface area contributed by atoms with Crippen LogP contribution < -0.4 is 10.6 Å². The van der Waals surface area contributed by atoms with Gasteiger partial charge in [0.2, 0.25) is 5.91 Å². The lowest BCUT2D eigenvalue weighted by molar-refractivity contribution is -0.127. The first kappa shape index (κ1) is 26.7. The highest BCUT2D eigenvalue weighted by molar-refractivity contribution is 14.0. The summed E-state index contributed by atoms with van der Waals surface area (Å²) < 4.78 is 10.9. The molecule has 1 fully saturated rings. The van der Waals surface area contributed by atoms with Crippen LogP contribution in [0.15, 0.2) is 27.8 Å². The topological polar surface area (TPSA) is 82.3 Å². The van der Waals surface area contributed by atoms with Gasteiger partial charge in [0.1, 0.15) is 12.3 Å². The number of halogens is 1. The van der Waals surface area contributed by atoms with Crippen LogP contribution in [0.4, 0.5) is 0 Å². The van der Waals surface area contributed by atoms with Crippen molar-refractivity contribution in [3.05, 3.63) is 24.2 Å². The van der Waals surface area contributed by atoms with E-state index in [9.17, 15) is 4.79 Å². The minimum atomic E-state index is -0.0240. The molecule has 30 heavy (non-hydrogen) atoms. The van der Waals surface area contributed by atoms with Gasteiger partial charge >= 0.3 is 0 Å². The van der Waals surface area contributed by atoms with E-state index in [1.54, 1.807) is 25.3 Å². The lowest BCUT2D eigenvalue weighted by Crippen LogP contribution is -2.51. The molecule has 0 aliphatic carbocycles. The average Bonchev–Trinajstić information content (AvgIpc) is 3.22. The van der Waals surface area contributed by atoms with E-state index in [-0.39, 0.29) is 36.4 Å². The Morgan fingerprint density at radius 1 is 1.27 bits per heavy atom. The van der Waals surface area contributed by atoms with Crippen molar-refractivity contribution < 1.29 is 13.9 Å². The van der Waals surface area contributed by atoms with Crippen LogP contribution in [-0.2, 0) is 16.0 Å². The third kappa shape index (κ3) is 10.1. The van der Waals surface area contributed by atoms with Crippen LogP contribution in [0.1, 0.15) is 26.0 Å². The molecule has 1 aromatic heterocycles. The summed E-state index contributed by atoms with van der Waals surface area (Å²) in [6.45, 7) is 9.56. The number of morpholine rings is 1. The second-order valence-electron chi connectivity index (χ2n) is 8.02. The number of nitrogens with zero attached hydrogens (tertiary/aromatic N) is 3. The minimum absolute atomic E-state index is 0. The number of furan rings is 1. The molecule has 0 radical (unpaired) electrons. The molecule has 1 saturated heterocycles. The lowest BCUT2D eigenvalue weighted by Gasteiger charge is -2.35.